The largest absolute Gasteiger partial charge is 1.00 e. The zero-order chi connectivity index (χ0) is 75.0. The third kappa shape index (κ3) is 36.1. The van der Waals surface area contributed by atoms with E-state index in [0.29, 0.717) is 0 Å². The maximum absolute atomic E-state index is 9.75. The topological polar surface area (TPSA) is 244 Å². The van der Waals surface area contributed by atoms with Crippen LogP contribution in [0.5, 0.6) is 0 Å². The number of nitriles is 6. The van der Waals surface area contributed by atoms with Gasteiger partial charge in [0.1, 0.15) is 0 Å². The molecule has 0 fully saturated rings. The normalized spacial score (nSPS) is 9.92. The molecule has 104 heavy (non-hydrogen) atoms. The molecule has 8 aromatic carbocycles. The van der Waals surface area contributed by atoms with Crippen LogP contribution in [-0.2, 0) is 47.0 Å². The first kappa shape index (κ1) is 89.6. The first-order valence-corrected chi connectivity index (χ1v) is 30.6. The molecule has 532 valence electrons. The SMILES string of the molecule is C(=Nc1ccc(Cc2ccc(N=Cc3nccc4ccccc34)cc2)cc1)c1nccc2ccccc12.C(=Nc1ccc(Cc2ccc(N=Cc3nccc4ccccc34)cc2)cc1)c1nccc2ccccc12.CC#N.CC#N.CC#N.CC#N.CC#N.CC#N.F[B-](F)(F)F.F[B-](F)(F)F.[Cu+].[Cu+]. The summed E-state index contributed by atoms with van der Waals surface area (Å²) in [5.74, 6) is 0. The van der Waals surface area contributed by atoms with Crippen molar-refractivity contribution in [2.45, 2.75) is 54.4 Å². The first-order chi connectivity index (χ1) is 49.1. The van der Waals surface area contributed by atoms with E-state index in [1.807, 2.05) is 171 Å². The molecule has 0 unspecified atom stereocenters. The Labute approximate surface area is 620 Å². The fourth-order valence-corrected chi connectivity index (χ4v) is 8.80. The van der Waals surface area contributed by atoms with E-state index in [1.165, 1.54) is 63.8 Å². The average Bonchev–Trinajstić information content (AvgIpc) is 0.846. The van der Waals surface area contributed by atoms with Crippen molar-refractivity contribution in [2.75, 3.05) is 0 Å². The van der Waals surface area contributed by atoms with Crippen LogP contribution >= 0.6 is 0 Å². The zero-order valence-electron chi connectivity index (χ0n) is 56.9. The van der Waals surface area contributed by atoms with Crippen molar-refractivity contribution in [3.63, 3.8) is 0 Å². The van der Waals surface area contributed by atoms with Crippen LogP contribution in [0.4, 0.5) is 57.3 Å². The van der Waals surface area contributed by atoms with Gasteiger partial charge >= 0.3 is 48.6 Å². The predicted molar refractivity (Wildman–Crippen MR) is 395 cm³/mol. The summed E-state index contributed by atoms with van der Waals surface area (Å²) < 4.78 is 78.0. The van der Waals surface area contributed by atoms with Gasteiger partial charge in [-0.15, -0.1) is 0 Å². The van der Waals surface area contributed by atoms with Gasteiger partial charge in [0.2, 0.25) is 0 Å². The molecule has 14 nitrogen and oxygen atoms in total. The Morgan fingerprint density at radius 1 is 0.279 bits per heavy atom. The zero-order valence-corrected chi connectivity index (χ0v) is 58.7. The van der Waals surface area contributed by atoms with E-state index in [9.17, 15) is 34.5 Å². The number of aromatic nitrogens is 4. The number of aliphatic imine (C=N–C) groups is 4. The summed E-state index contributed by atoms with van der Waals surface area (Å²) in [4.78, 5) is 36.5. The number of pyridine rings is 4. The minimum absolute atomic E-state index is 0. The maximum Gasteiger partial charge on any atom is 1.00 e. The van der Waals surface area contributed by atoms with Gasteiger partial charge in [0.05, 0.1) is 107 Å². The van der Waals surface area contributed by atoms with E-state index in [-0.39, 0.29) is 34.1 Å². The standard InChI is InChI=1S/2C33H24N4.6C2H3N.2BF4.2Cu/c2*1-3-7-30-26(5-1)17-19-34-32(30)22-36-28-13-9-24(10-14-28)21-25-11-15-29(16-12-25)37-23-33-31-8-4-2-6-27(31)18-20-35-33;6*1-2-3;2*2-1(3,4)5;;/h2*1-20,22-23H,21H2;6*1H3;;;;/q;;;;;;;;2*-1;2*+1. The molecular formula is C78H66B2Cu2F8N14. The van der Waals surface area contributed by atoms with Gasteiger partial charge in [0.25, 0.3) is 0 Å². The Hall–Kier alpha value is -12.4. The number of hydrogen-bond acceptors (Lipinski definition) is 14. The number of halogens is 8. The van der Waals surface area contributed by atoms with Crippen LogP contribution in [0, 0.1) is 68.0 Å². The monoisotopic (exact) mass is 1500 g/mol. The van der Waals surface area contributed by atoms with Gasteiger partial charge in [0, 0.05) is 87.9 Å². The second kappa shape index (κ2) is 50.9. The van der Waals surface area contributed by atoms with Gasteiger partial charge in [0.15, 0.2) is 0 Å². The molecule has 0 aliphatic heterocycles. The van der Waals surface area contributed by atoms with Crippen molar-refractivity contribution >= 4 is 105 Å². The Bertz CT molecular complexity index is 4270. The van der Waals surface area contributed by atoms with Crippen molar-refractivity contribution in [3.05, 3.63) is 288 Å². The molecular weight excluding hydrogens is 1430 g/mol. The fourth-order valence-electron chi connectivity index (χ4n) is 8.80. The molecule has 4 heterocycles. The van der Waals surface area contributed by atoms with Crippen molar-refractivity contribution in [3.8, 4) is 36.4 Å². The summed E-state index contributed by atoms with van der Waals surface area (Å²) in [6.07, 6.45) is 16.3. The van der Waals surface area contributed by atoms with Gasteiger partial charge in [-0.2, -0.15) is 31.6 Å². The molecule has 0 spiro atoms. The summed E-state index contributed by atoms with van der Waals surface area (Å²) in [5.41, 5.74) is 12.1. The summed E-state index contributed by atoms with van der Waals surface area (Å²) in [5, 5.41) is 53.0. The fraction of sp³-hybridized carbons (Fsp3) is 0.103. The van der Waals surface area contributed by atoms with Gasteiger partial charge in [-0.3, -0.25) is 39.9 Å². The summed E-state index contributed by atoms with van der Waals surface area (Å²) in [7, 11) is -12.0. The van der Waals surface area contributed by atoms with E-state index in [0.717, 1.165) is 101 Å². The number of fused-ring (bicyclic) bond motifs is 4. The Kier molecular flexibility index (Phi) is 43.8. The van der Waals surface area contributed by atoms with Crippen LogP contribution in [0.3, 0.4) is 0 Å². The Morgan fingerprint density at radius 2 is 0.433 bits per heavy atom. The second-order valence-electron chi connectivity index (χ2n) is 20.1. The van der Waals surface area contributed by atoms with Crippen molar-refractivity contribution in [1.82, 2.24) is 19.9 Å². The molecule has 26 heteroatoms. The van der Waals surface area contributed by atoms with E-state index in [1.54, 1.807) is 36.4 Å². The van der Waals surface area contributed by atoms with Gasteiger partial charge < -0.3 is 34.5 Å². The molecule has 12 rings (SSSR count). The average molecular weight is 1500 g/mol. The third-order valence-corrected chi connectivity index (χ3v) is 12.7. The molecule has 0 N–H and O–H groups in total. The quantitative estimate of drug-likeness (QED) is 0.0636. The molecule has 0 aliphatic rings. The van der Waals surface area contributed by atoms with E-state index < -0.39 is 14.5 Å². The van der Waals surface area contributed by atoms with Crippen LogP contribution in [0.15, 0.2) is 263 Å². The van der Waals surface area contributed by atoms with Gasteiger partial charge in [-0.1, -0.05) is 146 Å². The number of hydrogen-bond donors (Lipinski definition) is 0. The molecule has 0 saturated heterocycles. The molecule has 0 radical (unpaired) electrons. The maximum atomic E-state index is 9.75. The predicted octanol–water partition coefficient (Wildman–Crippen LogP) is 21.5. The van der Waals surface area contributed by atoms with Crippen molar-refractivity contribution in [2.24, 2.45) is 20.0 Å². The summed E-state index contributed by atoms with van der Waals surface area (Å²) >= 11 is 0. The second-order valence-corrected chi connectivity index (χ2v) is 20.1. The van der Waals surface area contributed by atoms with Gasteiger partial charge in [-0.05, 0) is 129 Å². The Morgan fingerprint density at radius 3 is 0.596 bits per heavy atom. The minimum Gasteiger partial charge on any atom is -0.418 e. The van der Waals surface area contributed by atoms with Crippen LogP contribution in [0.25, 0.3) is 43.1 Å². The van der Waals surface area contributed by atoms with Crippen molar-refractivity contribution < 1.29 is 68.7 Å². The number of benzene rings is 8. The smallest absolute Gasteiger partial charge is 0.418 e. The molecule has 0 saturated carbocycles. The molecule has 0 aliphatic carbocycles. The molecule has 12 aromatic rings. The van der Waals surface area contributed by atoms with Gasteiger partial charge in [-0.25, -0.2) is 0 Å². The van der Waals surface area contributed by atoms with Crippen LogP contribution in [0.1, 0.15) is 86.6 Å². The third-order valence-electron chi connectivity index (χ3n) is 12.7. The number of nitrogens with zero attached hydrogens (tertiary/aromatic N) is 14. The van der Waals surface area contributed by atoms with E-state index in [2.05, 4.69) is 137 Å². The molecule has 0 bridgehead atoms. The first-order valence-electron chi connectivity index (χ1n) is 30.6. The minimum atomic E-state index is -6.00. The van der Waals surface area contributed by atoms with E-state index >= 15 is 0 Å². The molecule has 0 atom stereocenters. The Balaban J connectivity index is 0.000000756. The van der Waals surface area contributed by atoms with E-state index in [4.69, 9.17) is 31.6 Å². The van der Waals surface area contributed by atoms with Crippen LogP contribution in [0.2, 0.25) is 0 Å². The van der Waals surface area contributed by atoms with Crippen LogP contribution < -0.4 is 0 Å². The van der Waals surface area contributed by atoms with Crippen LogP contribution in [-0.4, -0.2) is 59.3 Å². The summed E-state index contributed by atoms with van der Waals surface area (Å²) in [6.45, 7) is 8.58. The molecule has 0 amide bonds. The number of rotatable bonds is 12. The van der Waals surface area contributed by atoms with Crippen molar-refractivity contribution in [1.29, 1.82) is 31.6 Å². The summed E-state index contributed by atoms with van der Waals surface area (Å²) in [6, 6.07) is 84.8. The molecule has 4 aromatic heterocycles.